The summed E-state index contributed by atoms with van der Waals surface area (Å²) in [6.07, 6.45) is 3.95. The van der Waals surface area contributed by atoms with Crippen LogP contribution in [-0.2, 0) is 18.9 Å². The zero-order chi connectivity index (χ0) is 17.0. The van der Waals surface area contributed by atoms with E-state index < -0.39 is 19.1 Å². The first-order valence-corrected chi connectivity index (χ1v) is 8.47. The van der Waals surface area contributed by atoms with Crippen LogP contribution in [0.5, 0.6) is 0 Å². The Morgan fingerprint density at radius 3 is 2.57 bits per heavy atom. The van der Waals surface area contributed by atoms with Crippen molar-refractivity contribution in [1.29, 1.82) is 0 Å². The lowest BCUT2D eigenvalue weighted by Gasteiger charge is -2.69. The van der Waals surface area contributed by atoms with Gasteiger partial charge in [0.05, 0.1) is 11.2 Å². The first kappa shape index (κ1) is 16.8. The summed E-state index contributed by atoms with van der Waals surface area (Å²) in [6.45, 7) is 7.96. The molecule has 0 aromatic heterocycles. The second-order valence-electron chi connectivity index (χ2n) is 8.05. The van der Waals surface area contributed by atoms with E-state index in [9.17, 15) is 14.7 Å². The molecule has 1 spiro atoms. The molecular weight excluding hydrogens is 297 g/mol. The predicted octanol–water partition coefficient (Wildman–Crippen LogP) is 1.84. The monoisotopic (exact) mass is 323 g/mol. The fourth-order valence-corrected chi connectivity index (χ4v) is 5.02. The molecule has 4 rings (SSSR count). The quantitative estimate of drug-likeness (QED) is 0.754. The molecule has 1 amide bonds. The minimum absolute atomic E-state index is 0.0958. The Labute approximate surface area is 137 Å². The summed E-state index contributed by atoms with van der Waals surface area (Å²) in [7, 11) is -0.395. The van der Waals surface area contributed by atoms with Gasteiger partial charge in [0.1, 0.15) is 6.04 Å². The molecule has 2 bridgehead atoms. The smallest absolute Gasteiger partial charge is 0.457 e. The molecule has 0 radical (unpaired) electrons. The summed E-state index contributed by atoms with van der Waals surface area (Å²) < 4.78 is 12.6. The number of carbonyl (C=O) groups is 2. The summed E-state index contributed by atoms with van der Waals surface area (Å²) >= 11 is 0. The average molecular weight is 323 g/mol. The van der Waals surface area contributed by atoms with Crippen molar-refractivity contribution in [3.63, 3.8) is 0 Å². The van der Waals surface area contributed by atoms with Crippen LogP contribution in [-0.4, -0.2) is 41.3 Å². The van der Waals surface area contributed by atoms with Gasteiger partial charge in [0.25, 0.3) is 0 Å². The first-order chi connectivity index (χ1) is 10.6. The summed E-state index contributed by atoms with van der Waals surface area (Å²) in [6, 6.07) is -0.894. The van der Waals surface area contributed by atoms with Gasteiger partial charge in [-0.3, -0.25) is 4.79 Å². The van der Waals surface area contributed by atoms with Gasteiger partial charge < -0.3 is 19.7 Å². The van der Waals surface area contributed by atoms with E-state index in [1.165, 1.54) is 6.92 Å². The molecule has 4 fully saturated rings. The Morgan fingerprint density at radius 1 is 1.35 bits per heavy atom. The third-order valence-electron chi connectivity index (χ3n) is 6.51. The molecule has 6 nitrogen and oxygen atoms in total. The maximum absolute atomic E-state index is 11.2. The highest BCUT2D eigenvalue weighted by Crippen LogP contribution is 2.70. The topological polar surface area (TPSA) is 84.9 Å². The lowest BCUT2D eigenvalue weighted by molar-refractivity contribution is -0.257. The number of carbonyl (C=O) groups excluding carboxylic acids is 1. The second-order valence-corrected chi connectivity index (χ2v) is 8.05. The van der Waals surface area contributed by atoms with Crippen molar-refractivity contribution >= 4 is 19.0 Å². The molecule has 7 heteroatoms. The SMILES string of the molecule is CC(=O)N[C@@H](CCB1O[C@]23C[C@H](CC[C@]2(C)O1)C3(C)C)C(=O)O. The predicted molar refractivity (Wildman–Crippen MR) is 84.8 cm³/mol. The average Bonchev–Trinajstić information content (AvgIpc) is 2.77. The lowest BCUT2D eigenvalue weighted by Crippen LogP contribution is -2.73. The maximum Gasteiger partial charge on any atom is 0.457 e. The molecule has 1 heterocycles. The van der Waals surface area contributed by atoms with Crippen molar-refractivity contribution in [3.05, 3.63) is 0 Å². The van der Waals surface area contributed by atoms with Crippen molar-refractivity contribution in [2.45, 2.75) is 76.9 Å². The normalized spacial score (nSPS) is 38.4. The van der Waals surface area contributed by atoms with Crippen molar-refractivity contribution < 1.29 is 24.0 Å². The second kappa shape index (κ2) is 5.21. The number of aliphatic carboxylic acids is 1. The van der Waals surface area contributed by atoms with Crippen LogP contribution in [0, 0.1) is 11.3 Å². The van der Waals surface area contributed by atoms with Gasteiger partial charge in [0.2, 0.25) is 5.91 Å². The minimum atomic E-state index is -1.02. The molecular formula is C16H26BNO5. The number of rotatable bonds is 5. The van der Waals surface area contributed by atoms with E-state index in [4.69, 9.17) is 9.31 Å². The number of fused-ring (bicyclic) bond motifs is 1. The zero-order valence-corrected chi connectivity index (χ0v) is 14.3. The minimum Gasteiger partial charge on any atom is -0.480 e. The summed E-state index contributed by atoms with van der Waals surface area (Å²) in [5, 5.41) is 11.7. The van der Waals surface area contributed by atoms with E-state index in [1.54, 1.807) is 0 Å². The molecule has 0 aromatic rings. The molecule has 4 aliphatic rings. The molecule has 23 heavy (non-hydrogen) atoms. The van der Waals surface area contributed by atoms with Crippen LogP contribution in [0.1, 0.15) is 53.4 Å². The highest BCUT2D eigenvalue weighted by atomic mass is 16.7. The lowest BCUT2D eigenvalue weighted by atomic mass is 9.41. The maximum atomic E-state index is 11.2. The number of carboxylic acid groups (broad SMARTS) is 1. The van der Waals surface area contributed by atoms with Crippen LogP contribution in [0.15, 0.2) is 0 Å². The van der Waals surface area contributed by atoms with Crippen LogP contribution in [0.25, 0.3) is 0 Å². The zero-order valence-electron chi connectivity index (χ0n) is 14.3. The Morgan fingerprint density at radius 2 is 2.04 bits per heavy atom. The highest BCUT2D eigenvalue weighted by Gasteiger charge is 2.75. The fraction of sp³-hybridized carbons (Fsp3) is 0.875. The molecule has 0 unspecified atom stereocenters. The molecule has 4 atom stereocenters. The van der Waals surface area contributed by atoms with E-state index in [-0.39, 0.29) is 22.5 Å². The Hall–Kier alpha value is -1.08. The Balaban J connectivity index is 1.66. The molecule has 3 aliphatic carbocycles. The van der Waals surface area contributed by atoms with Crippen molar-refractivity contribution in [1.82, 2.24) is 5.32 Å². The first-order valence-electron chi connectivity index (χ1n) is 8.47. The van der Waals surface area contributed by atoms with Crippen LogP contribution < -0.4 is 5.32 Å². The standard InChI is InChI=1S/C16H26BNO5/c1-10(19)18-12(13(20)21)6-8-17-22-15(4)7-5-11-9-16(15,23-17)14(11,2)3/h11-12H,5-9H2,1-4H3,(H,18,19)(H,20,21)/t11-,12-,15-,16-/m0/s1. The fourth-order valence-electron chi connectivity index (χ4n) is 5.02. The summed E-state index contributed by atoms with van der Waals surface area (Å²) in [5.74, 6) is -0.680. The molecule has 0 aromatic carbocycles. The van der Waals surface area contributed by atoms with Gasteiger partial charge in [-0.25, -0.2) is 4.79 Å². The van der Waals surface area contributed by atoms with Gasteiger partial charge in [-0.05, 0) is 50.3 Å². The Bertz CT molecular complexity index is 539. The van der Waals surface area contributed by atoms with E-state index >= 15 is 0 Å². The van der Waals surface area contributed by atoms with Crippen LogP contribution in [0.3, 0.4) is 0 Å². The van der Waals surface area contributed by atoms with E-state index in [0.29, 0.717) is 18.7 Å². The summed E-state index contributed by atoms with van der Waals surface area (Å²) in [5.41, 5.74) is -0.443. The van der Waals surface area contributed by atoms with Gasteiger partial charge >= 0.3 is 13.1 Å². The number of hydrogen-bond acceptors (Lipinski definition) is 4. The van der Waals surface area contributed by atoms with Gasteiger partial charge in [0.15, 0.2) is 0 Å². The number of carboxylic acids is 1. The van der Waals surface area contributed by atoms with Crippen LogP contribution >= 0.6 is 0 Å². The van der Waals surface area contributed by atoms with Gasteiger partial charge in [0, 0.05) is 6.92 Å². The highest BCUT2D eigenvalue weighted by molar-refractivity contribution is 6.45. The van der Waals surface area contributed by atoms with Gasteiger partial charge in [-0.15, -0.1) is 0 Å². The van der Waals surface area contributed by atoms with Gasteiger partial charge in [-0.2, -0.15) is 0 Å². The number of hydrogen-bond donors (Lipinski definition) is 2. The van der Waals surface area contributed by atoms with Crippen molar-refractivity contribution in [2.75, 3.05) is 0 Å². The molecule has 1 aliphatic heterocycles. The Kier molecular flexibility index (Phi) is 3.80. The summed E-state index contributed by atoms with van der Waals surface area (Å²) in [4.78, 5) is 22.3. The molecule has 128 valence electrons. The van der Waals surface area contributed by atoms with E-state index in [2.05, 4.69) is 26.1 Å². The third kappa shape index (κ3) is 2.31. The van der Waals surface area contributed by atoms with Crippen LogP contribution in [0.2, 0.25) is 6.32 Å². The molecule has 3 saturated carbocycles. The molecule has 2 N–H and O–H groups in total. The van der Waals surface area contributed by atoms with E-state index in [0.717, 1.165) is 19.3 Å². The van der Waals surface area contributed by atoms with E-state index in [1.807, 2.05) is 0 Å². The number of nitrogens with one attached hydrogen (secondary N) is 1. The van der Waals surface area contributed by atoms with Crippen molar-refractivity contribution in [2.24, 2.45) is 11.3 Å². The number of amides is 1. The van der Waals surface area contributed by atoms with Gasteiger partial charge in [-0.1, -0.05) is 13.8 Å². The largest absolute Gasteiger partial charge is 0.480 e. The van der Waals surface area contributed by atoms with Crippen LogP contribution in [0.4, 0.5) is 0 Å². The molecule has 1 saturated heterocycles. The third-order valence-corrected chi connectivity index (χ3v) is 6.51. The van der Waals surface area contributed by atoms with Crippen molar-refractivity contribution in [3.8, 4) is 0 Å².